The zero-order valence-electron chi connectivity index (χ0n) is 18.9. The maximum Gasteiger partial charge on any atom is 0.430 e. The lowest BCUT2D eigenvalue weighted by Crippen LogP contribution is -2.45. The van der Waals surface area contributed by atoms with Crippen molar-refractivity contribution in [2.75, 3.05) is 12.1 Å². The monoisotopic (exact) mass is 479 g/mol. The van der Waals surface area contributed by atoms with Gasteiger partial charge >= 0.3 is 6.09 Å². The number of hydrogen-bond donors (Lipinski definition) is 3. The average molecular weight is 480 g/mol. The van der Waals surface area contributed by atoms with Gasteiger partial charge in [-0.3, -0.25) is 0 Å². The Morgan fingerprint density at radius 3 is 2.48 bits per heavy atom. The highest BCUT2D eigenvalue weighted by Gasteiger charge is 2.38. The van der Waals surface area contributed by atoms with Gasteiger partial charge in [0, 0.05) is 0 Å². The lowest BCUT2D eigenvalue weighted by Gasteiger charge is -2.24. The minimum Gasteiger partial charge on any atom is -0.497 e. The summed E-state index contributed by atoms with van der Waals surface area (Å²) in [5.41, 5.74) is 11.0. The van der Waals surface area contributed by atoms with E-state index >= 15 is 0 Å². The number of nitrogens with zero attached hydrogens (tertiary/aromatic N) is 1. The molecule has 0 radical (unpaired) electrons. The first-order valence-electron chi connectivity index (χ1n) is 10.4. The second kappa shape index (κ2) is 10.1. The number of nitrogens with two attached hydrogens (primary N) is 1. The molecule has 33 heavy (non-hydrogen) atoms. The Labute approximate surface area is 193 Å². The zero-order chi connectivity index (χ0) is 24.3. The van der Waals surface area contributed by atoms with E-state index in [1.54, 1.807) is 44.4 Å². The minimum absolute atomic E-state index is 0.00630. The van der Waals surface area contributed by atoms with Crippen LogP contribution in [-0.2, 0) is 19.0 Å². The number of hydrogen-bond acceptors (Lipinski definition) is 9. The summed E-state index contributed by atoms with van der Waals surface area (Å²) < 4.78 is 40.5. The van der Waals surface area contributed by atoms with Crippen molar-refractivity contribution >= 4 is 21.9 Å². The van der Waals surface area contributed by atoms with Crippen molar-refractivity contribution in [1.82, 2.24) is 5.43 Å². The molecule has 4 N–H and O–H groups in total. The highest BCUT2D eigenvalue weighted by Crippen LogP contribution is 2.28. The van der Waals surface area contributed by atoms with Crippen LogP contribution in [0.1, 0.15) is 24.5 Å². The highest BCUT2D eigenvalue weighted by molar-refractivity contribution is 7.86. The maximum atomic E-state index is 12.5. The normalized spacial score (nSPS) is 19.2. The number of aryl methyl sites for hydroxylation is 2. The molecule has 0 aliphatic carbocycles. The predicted octanol–water partition coefficient (Wildman–Crippen LogP) is 2.18. The first kappa shape index (κ1) is 24.9. The molecule has 0 aromatic heterocycles. The summed E-state index contributed by atoms with van der Waals surface area (Å²) in [5.74, 6) is 0.0706. The van der Waals surface area contributed by atoms with Crippen LogP contribution in [0.5, 0.6) is 5.75 Å². The van der Waals surface area contributed by atoms with E-state index in [-0.39, 0.29) is 11.3 Å². The smallest absolute Gasteiger partial charge is 0.430 e. The molecule has 1 aliphatic heterocycles. The summed E-state index contributed by atoms with van der Waals surface area (Å²) in [7, 11) is -2.52. The number of methoxy groups -OCH3 is 1. The number of carbonyl (C=O) groups excluding carboxylic acids is 1. The quantitative estimate of drug-likeness (QED) is 0.364. The number of aliphatic hydroxyl groups excluding tert-OH is 1. The standard InChI is InChI=1S/C22H29N3O7S/c1-13-5-8-17(9-6-13)33(28,29)32-20(23)15(3)12-19(26)21-24-25(22(27)31-21)18-10-7-16(30-4)11-14(18)2/h5-11,15,19-21,24,26H,12,23H2,1-4H3/t15?,19-,20?,21?/m0/s1. The van der Waals surface area contributed by atoms with Gasteiger partial charge in [0.2, 0.25) is 0 Å². The Balaban J connectivity index is 1.61. The van der Waals surface area contributed by atoms with Gasteiger partial charge in [-0.1, -0.05) is 24.6 Å². The fourth-order valence-electron chi connectivity index (χ4n) is 3.35. The van der Waals surface area contributed by atoms with Crippen molar-refractivity contribution in [3.63, 3.8) is 0 Å². The van der Waals surface area contributed by atoms with Crippen LogP contribution in [-0.4, -0.2) is 45.3 Å². The Hall–Kier alpha value is -2.70. The predicted molar refractivity (Wildman–Crippen MR) is 121 cm³/mol. The number of benzene rings is 2. The molecule has 3 rings (SSSR count). The van der Waals surface area contributed by atoms with E-state index in [1.165, 1.54) is 17.1 Å². The molecule has 0 saturated carbocycles. The van der Waals surface area contributed by atoms with E-state index in [1.807, 2.05) is 13.8 Å². The highest BCUT2D eigenvalue weighted by atomic mass is 32.2. The van der Waals surface area contributed by atoms with E-state index in [4.69, 9.17) is 19.4 Å². The molecule has 2 aromatic rings. The largest absolute Gasteiger partial charge is 0.497 e. The molecule has 0 spiro atoms. The molecule has 1 heterocycles. The van der Waals surface area contributed by atoms with Crippen molar-refractivity contribution in [2.24, 2.45) is 11.7 Å². The summed E-state index contributed by atoms with van der Waals surface area (Å²) in [4.78, 5) is 12.3. The van der Waals surface area contributed by atoms with Gasteiger partial charge in [-0.05, 0) is 62.1 Å². The van der Waals surface area contributed by atoms with Gasteiger partial charge in [0.25, 0.3) is 10.1 Å². The first-order chi connectivity index (χ1) is 15.5. The van der Waals surface area contributed by atoms with Gasteiger partial charge < -0.3 is 20.3 Å². The fraction of sp³-hybridized carbons (Fsp3) is 0.409. The van der Waals surface area contributed by atoms with Crippen LogP contribution in [0.3, 0.4) is 0 Å². The third-order valence-corrected chi connectivity index (χ3v) is 6.71. The summed E-state index contributed by atoms with van der Waals surface area (Å²) >= 11 is 0. The molecule has 2 aromatic carbocycles. The number of rotatable bonds is 9. The van der Waals surface area contributed by atoms with Crippen LogP contribution >= 0.6 is 0 Å². The van der Waals surface area contributed by atoms with Crippen LogP contribution < -0.4 is 20.9 Å². The molecule has 0 bridgehead atoms. The van der Waals surface area contributed by atoms with Crippen LogP contribution in [0.25, 0.3) is 0 Å². The number of aliphatic hydroxyl groups is 1. The van der Waals surface area contributed by atoms with Gasteiger partial charge in [0.1, 0.15) is 18.1 Å². The van der Waals surface area contributed by atoms with Gasteiger partial charge in [-0.2, -0.15) is 13.8 Å². The van der Waals surface area contributed by atoms with Crippen LogP contribution in [0.15, 0.2) is 47.4 Å². The van der Waals surface area contributed by atoms with E-state index in [0.29, 0.717) is 11.4 Å². The molecule has 1 aliphatic rings. The number of amides is 1. The number of cyclic esters (lactones) is 1. The molecule has 4 atom stereocenters. The molecule has 11 heteroatoms. The Morgan fingerprint density at radius 2 is 1.88 bits per heavy atom. The van der Waals surface area contributed by atoms with Crippen molar-refractivity contribution in [2.45, 2.75) is 50.6 Å². The lowest BCUT2D eigenvalue weighted by molar-refractivity contribution is -0.00698. The molecular formula is C22H29N3O7S. The number of hydrazine groups is 1. The molecule has 180 valence electrons. The molecule has 10 nitrogen and oxygen atoms in total. The second-order valence-corrected chi connectivity index (χ2v) is 9.60. The molecular weight excluding hydrogens is 450 g/mol. The van der Waals surface area contributed by atoms with Gasteiger partial charge in [-0.15, -0.1) is 0 Å². The van der Waals surface area contributed by atoms with Crippen molar-refractivity contribution < 1.29 is 32.0 Å². The van der Waals surface area contributed by atoms with E-state index in [2.05, 4.69) is 5.43 Å². The van der Waals surface area contributed by atoms with Crippen molar-refractivity contribution in [3.05, 3.63) is 53.6 Å². The van der Waals surface area contributed by atoms with Crippen LogP contribution in [0.2, 0.25) is 0 Å². The number of nitrogens with one attached hydrogen (secondary N) is 1. The number of anilines is 1. The third kappa shape index (κ3) is 5.81. The van der Waals surface area contributed by atoms with Crippen molar-refractivity contribution in [1.29, 1.82) is 0 Å². The van der Waals surface area contributed by atoms with E-state index in [0.717, 1.165) is 11.1 Å². The first-order valence-corrected chi connectivity index (χ1v) is 11.8. The lowest BCUT2D eigenvalue weighted by atomic mass is 10.0. The summed E-state index contributed by atoms with van der Waals surface area (Å²) in [6.07, 6.45) is -4.07. The van der Waals surface area contributed by atoms with Crippen LogP contribution in [0, 0.1) is 19.8 Å². The summed E-state index contributed by atoms with van der Waals surface area (Å²) in [5, 5.41) is 11.8. The molecule has 1 amide bonds. The van der Waals surface area contributed by atoms with Gasteiger partial charge in [0.15, 0.2) is 6.23 Å². The molecule has 1 saturated heterocycles. The van der Waals surface area contributed by atoms with Gasteiger partial charge in [0.05, 0.1) is 17.7 Å². The zero-order valence-corrected chi connectivity index (χ0v) is 19.7. The average Bonchev–Trinajstić information content (AvgIpc) is 3.15. The second-order valence-electron chi connectivity index (χ2n) is 8.03. The third-order valence-electron chi connectivity index (χ3n) is 5.38. The number of ether oxygens (including phenoxy) is 2. The fourth-order valence-corrected chi connectivity index (χ4v) is 4.41. The summed E-state index contributed by atoms with van der Waals surface area (Å²) in [6.45, 7) is 5.29. The SMILES string of the molecule is COc1ccc(N2NC([C@@H](O)CC(C)C(N)OS(=O)(=O)c3ccc(C)cc3)OC2=O)c(C)c1. The Bertz CT molecular complexity index is 1090. The maximum absolute atomic E-state index is 12.5. The van der Waals surface area contributed by atoms with E-state index < -0.39 is 40.7 Å². The Morgan fingerprint density at radius 1 is 1.21 bits per heavy atom. The van der Waals surface area contributed by atoms with E-state index in [9.17, 15) is 18.3 Å². The topological polar surface area (TPSA) is 140 Å². The van der Waals surface area contributed by atoms with Crippen molar-refractivity contribution in [3.8, 4) is 5.75 Å². The number of carbonyl (C=O) groups is 1. The molecule has 1 fully saturated rings. The van der Waals surface area contributed by atoms with Gasteiger partial charge in [-0.25, -0.2) is 14.0 Å². The molecule has 3 unspecified atom stereocenters. The van der Waals surface area contributed by atoms with Crippen LogP contribution in [0.4, 0.5) is 10.5 Å². The Kier molecular flexibility index (Phi) is 7.60. The minimum atomic E-state index is -4.07. The summed E-state index contributed by atoms with van der Waals surface area (Å²) in [6, 6.07) is 11.4.